The molecule has 1 saturated heterocycles. The van der Waals surface area contributed by atoms with Gasteiger partial charge < -0.3 is 9.73 Å². The first kappa shape index (κ1) is 16.9. The number of hydrogen-bond donors (Lipinski definition) is 1. The van der Waals surface area contributed by atoms with E-state index in [0.29, 0.717) is 21.5 Å². The molecule has 10 nitrogen and oxygen atoms in total. The van der Waals surface area contributed by atoms with Crippen molar-refractivity contribution in [1.82, 2.24) is 24.5 Å². The van der Waals surface area contributed by atoms with Crippen LogP contribution in [0.1, 0.15) is 5.69 Å². The highest BCUT2D eigenvalue weighted by molar-refractivity contribution is 7.88. The zero-order valence-corrected chi connectivity index (χ0v) is 14.1. The maximum Gasteiger partial charge on any atom is 0.341 e. The molecular weight excluding hydrogens is 350 g/mol. The van der Waals surface area contributed by atoms with Gasteiger partial charge in [-0.3, -0.25) is 4.98 Å². The van der Waals surface area contributed by atoms with E-state index >= 15 is 0 Å². The minimum absolute atomic E-state index is 0.00532. The predicted octanol–water partition coefficient (Wildman–Crippen LogP) is 0.643. The minimum atomic E-state index is -3.69. The van der Waals surface area contributed by atoms with E-state index in [9.17, 15) is 18.0 Å². The number of nitrogens with zero attached hydrogens (tertiary/aromatic N) is 4. The lowest BCUT2D eigenvalue weighted by atomic mass is 10.2. The van der Waals surface area contributed by atoms with Gasteiger partial charge in [0.05, 0.1) is 37.8 Å². The zero-order valence-electron chi connectivity index (χ0n) is 13.2. The lowest BCUT2D eigenvalue weighted by Gasteiger charge is -2.16. The number of aromatic nitrogens is 2. The summed E-state index contributed by atoms with van der Waals surface area (Å²) in [5.74, 6) is 0.498. The highest BCUT2D eigenvalue weighted by atomic mass is 32.2. The first-order valence-corrected chi connectivity index (χ1v) is 9.13. The molecule has 0 spiro atoms. The lowest BCUT2D eigenvalue weighted by molar-refractivity contribution is 0.193. The molecule has 1 fully saturated rings. The number of carbonyl (C=O) groups excluding carboxylic acids is 2. The van der Waals surface area contributed by atoms with Gasteiger partial charge in [0.25, 0.3) is 0 Å². The second-order valence-electron chi connectivity index (χ2n) is 5.26. The molecule has 1 aliphatic rings. The average Bonchev–Trinajstić information content (AvgIpc) is 3.22. The number of hydrogen-bond acceptors (Lipinski definition) is 7. The van der Waals surface area contributed by atoms with Crippen molar-refractivity contribution in [3.63, 3.8) is 0 Å². The molecule has 3 heterocycles. The maximum absolute atomic E-state index is 12.2. The highest BCUT2D eigenvalue weighted by Crippen LogP contribution is 2.20. The van der Waals surface area contributed by atoms with Crippen molar-refractivity contribution < 1.29 is 22.4 Å². The van der Waals surface area contributed by atoms with Crippen LogP contribution in [0.25, 0.3) is 11.5 Å². The number of urea groups is 2. The fourth-order valence-corrected chi connectivity index (χ4v) is 3.18. The van der Waals surface area contributed by atoms with Crippen LogP contribution in [-0.4, -0.2) is 59.0 Å². The standard InChI is InChI=1S/C14H15N5O5S/c1-25(22,23)19-7-6-18(14(19)21)13(20)17-9-10-12(16-5-4-15-10)11-3-2-8-24-11/h2-5,8H,6-7,9H2,1H3,(H,17,20). The van der Waals surface area contributed by atoms with E-state index in [-0.39, 0.29) is 19.6 Å². The van der Waals surface area contributed by atoms with Gasteiger partial charge in [0.15, 0.2) is 5.76 Å². The van der Waals surface area contributed by atoms with Crippen molar-refractivity contribution in [2.24, 2.45) is 0 Å². The number of nitrogens with one attached hydrogen (secondary N) is 1. The fourth-order valence-electron chi connectivity index (χ4n) is 2.38. The number of furan rings is 1. The van der Waals surface area contributed by atoms with Gasteiger partial charge in [-0.1, -0.05) is 0 Å². The van der Waals surface area contributed by atoms with E-state index in [4.69, 9.17) is 4.42 Å². The molecule has 132 valence electrons. The van der Waals surface area contributed by atoms with Crippen LogP contribution < -0.4 is 5.32 Å². The van der Waals surface area contributed by atoms with Gasteiger partial charge in [-0.05, 0) is 12.1 Å². The number of rotatable bonds is 4. The molecule has 0 aliphatic carbocycles. The summed E-state index contributed by atoms with van der Waals surface area (Å²) in [5, 5.41) is 2.55. The van der Waals surface area contributed by atoms with Gasteiger partial charge in [-0.25, -0.2) is 32.2 Å². The predicted molar refractivity (Wildman–Crippen MR) is 85.6 cm³/mol. The Hall–Kier alpha value is -2.95. The third-order valence-corrected chi connectivity index (χ3v) is 4.69. The average molecular weight is 365 g/mol. The first-order valence-electron chi connectivity index (χ1n) is 7.28. The molecular formula is C14H15N5O5S. The van der Waals surface area contributed by atoms with Gasteiger partial charge in [-0.15, -0.1) is 0 Å². The topological polar surface area (TPSA) is 126 Å². The molecule has 3 rings (SSSR count). The van der Waals surface area contributed by atoms with Crippen molar-refractivity contribution in [2.45, 2.75) is 6.54 Å². The van der Waals surface area contributed by atoms with Gasteiger partial charge >= 0.3 is 12.1 Å². The second-order valence-corrected chi connectivity index (χ2v) is 7.16. The minimum Gasteiger partial charge on any atom is -0.463 e. The van der Waals surface area contributed by atoms with Crippen LogP contribution in [0.15, 0.2) is 35.2 Å². The van der Waals surface area contributed by atoms with Crippen molar-refractivity contribution >= 4 is 22.1 Å². The van der Waals surface area contributed by atoms with Crippen LogP contribution in [0.5, 0.6) is 0 Å². The van der Waals surface area contributed by atoms with E-state index in [1.807, 2.05) is 0 Å². The van der Waals surface area contributed by atoms with E-state index in [1.165, 1.54) is 18.7 Å². The largest absolute Gasteiger partial charge is 0.463 e. The normalized spacial score (nSPS) is 14.8. The van der Waals surface area contributed by atoms with E-state index < -0.39 is 22.1 Å². The summed E-state index contributed by atoms with van der Waals surface area (Å²) in [5.41, 5.74) is 0.927. The monoisotopic (exact) mass is 365 g/mol. The Bertz CT molecular complexity index is 896. The van der Waals surface area contributed by atoms with Crippen LogP contribution in [-0.2, 0) is 16.6 Å². The van der Waals surface area contributed by atoms with Gasteiger partial charge in [-0.2, -0.15) is 0 Å². The summed E-state index contributed by atoms with van der Waals surface area (Å²) in [6.07, 6.45) is 5.38. The van der Waals surface area contributed by atoms with Gasteiger partial charge in [0.1, 0.15) is 5.69 Å². The second kappa shape index (κ2) is 6.51. The van der Waals surface area contributed by atoms with Gasteiger partial charge in [0.2, 0.25) is 10.0 Å². The Balaban J connectivity index is 1.69. The number of carbonyl (C=O) groups is 2. The summed E-state index contributed by atoms with van der Waals surface area (Å²) in [7, 11) is -3.69. The molecule has 0 atom stereocenters. The van der Waals surface area contributed by atoms with Crippen LogP contribution in [0.3, 0.4) is 0 Å². The van der Waals surface area contributed by atoms with Crippen LogP contribution in [0.4, 0.5) is 9.59 Å². The number of amides is 4. The Morgan fingerprint density at radius 3 is 2.72 bits per heavy atom. The van der Waals surface area contributed by atoms with Crippen LogP contribution in [0.2, 0.25) is 0 Å². The molecule has 0 unspecified atom stereocenters. The third kappa shape index (κ3) is 3.45. The van der Waals surface area contributed by atoms with Gasteiger partial charge in [0, 0.05) is 12.4 Å². The Kier molecular flexibility index (Phi) is 4.40. The number of sulfonamides is 1. The zero-order chi connectivity index (χ0) is 18.0. The highest BCUT2D eigenvalue weighted by Gasteiger charge is 2.38. The lowest BCUT2D eigenvalue weighted by Crippen LogP contribution is -2.43. The molecule has 1 N–H and O–H groups in total. The molecule has 0 radical (unpaired) electrons. The molecule has 4 amide bonds. The Morgan fingerprint density at radius 2 is 2.08 bits per heavy atom. The molecule has 0 saturated carbocycles. The molecule has 0 bridgehead atoms. The maximum atomic E-state index is 12.2. The number of imide groups is 1. The molecule has 2 aromatic heterocycles. The molecule has 1 aliphatic heterocycles. The summed E-state index contributed by atoms with van der Waals surface area (Å²) < 4.78 is 28.9. The SMILES string of the molecule is CS(=O)(=O)N1CCN(C(=O)NCc2nccnc2-c2ccco2)C1=O. The van der Waals surface area contributed by atoms with Crippen molar-refractivity contribution in [3.8, 4) is 11.5 Å². The van der Waals surface area contributed by atoms with Crippen LogP contribution >= 0.6 is 0 Å². The smallest absolute Gasteiger partial charge is 0.341 e. The fraction of sp³-hybridized carbons (Fsp3) is 0.286. The Labute approximate surface area is 143 Å². The summed E-state index contributed by atoms with van der Waals surface area (Å²) in [6.45, 7) is -0.0670. The molecule has 11 heteroatoms. The van der Waals surface area contributed by atoms with E-state index in [2.05, 4.69) is 15.3 Å². The molecule has 2 aromatic rings. The third-order valence-electron chi connectivity index (χ3n) is 3.55. The van der Waals surface area contributed by atoms with E-state index in [0.717, 1.165) is 11.2 Å². The van der Waals surface area contributed by atoms with E-state index in [1.54, 1.807) is 12.1 Å². The molecule has 25 heavy (non-hydrogen) atoms. The first-order chi connectivity index (χ1) is 11.9. The van der Waals surface area contributed by atoms with Crippen LogP contribution in [0, 0.1) is 0 Å². The summed E-state index contributed by atoms with van der Waals surface area (Å²) in [6, 6.07) is 1.84. The quantitative estimate of drug-likeness (QED) is 0.843. The summed E-state index contributed by atoms with van der Waals surface area (Å²) in [4.78, 5) is 33.4. The summed E-state index contributed by atoms with van der Waals surface area (Å²) >= 11 is 0. The molecule has 0 aromatic carbocycles. The van der Waals surface area contributed by atoms with Crippen molar-refractivity contribution in [2.75, 3.05) is 19.3 Å². The van der Waals surface area contributed by atoms with Crippen molar-refractivity contribution in [3.05, 3.63) is 36.5 Å². The Morgan fingerprint density at radius 1 is 1.32 bits per heavy atom. The van der Waals surface area contributed by atoms with Crippen molar-refractivity contribution in [1.29, 1.82) is 0 Å².